The second kappa shape index (κ2) is 7.51. The average Bonchev–Trinajstić information content (AvgIpc) is 2.46. The van der Waals surface area contributed by atoms with E-state index in [1.54, 1.807) is 0 Å². The van der Waals surface area contributed by atoms with Crippen LogP contribution in [0.25, 0.3) is 5.53 Å². The van der Waals surface area contributed by atoms with Crippen LogP contribution < -0.4 is 0 Å². The third kappa shape index (κ3) is 4.51. The van der Waals surface area contributed by atoms with E-state index in [-0.39, 0.29) is 18.9 Å². The van der Waals surface area contributed by atoms with Crippen LogP contribution in [0.2, 0.25) is 0 Å². The highest BCUT2D eigenvalue weighted by molar-refractivity contribution is 6.60. The molecule has 0 spiro atoms. The number of nitro benzene ring substituents is 1. The molecule has 0 aliphatic rings. The molecule has 0 saturated heterocycles. The number of hydrogen-bond donors (Lipinski definition) is 0. The monoisotopic (exact) mass is 293 g/mol. The number of carbonyl (C=O) groups excluding carboxylic acids is 2. The van der Waals surface area contributed by atoms with Crippen molar-refractivity contribution in [2.24, 2.45) is 0 Å². The van der Waals surface area contributed by atoms with Crippen LogP contribution in [0.4, 0.5) is 5.69 Å². The second-order valence-corrected chi connectivity index (χ2v) is 3.67. The molecule has 0 fully saturated rings. The van der Waals surface area contributed by atoms with E-state index < -0.39 is 22.6 Å². The summed E-state index contributed by atoms with van der Waals surface area (Å²) in [5.41, 5.74) is 8.09. The van der Waals surface area contributed by atoms with E-state index in [2.05, 4.69) is 9.53 Å². The number of ether oxygens (including phenoxy) is 2. The second-order valence-electron chi connectivity index (χ2n) is 3.67. The smallest absolute Gasteiger partial charge is 0.457 e. The molecule has 1 aromatic carbocycles. The lowest BCUT2D eigenvalue weighted by Crippen LogP contribution is -2.29. The molecule has 0 heterocycles. The number of benzene rings is 1. The number of nitro groups is 1. The highest BCUT2D eigenvalue weighted by atomic mass is 16.6. The third-order valence-corrected chi connectivity index (χ3v) is 2.28. The molecule has 0 aromatic heterocycles. The Morgan fingerprint density at radius 3 is 2.29 bits per heavy atom. The molecule has 9 nitrogen and oxygen atoms in total. The molecule has 1 rings (SSSR count). The van der Waals surface area contributed by atoms with Gasteiger partial charge in [-0.05, 0) is 24.6 Å². The van der Waals surface area contributed by atoms with Crippen LogP contribution in [0.15, 0.2) is 24.3 Å². The SMILES string of the molecule is CCOC(=O)C(=[N+]=[N-])C(=O)OCc1ccc([N+](=O)[O-])cc1. The van der Waals surface area contributed by atoms with Gasteiger partial charge in [-0.15, -0.1) is 0 Å². The average molecular weight is 293 g/mol. The van der Waals surface area contributed by atoms with Gasteiger partial charge in [0.25, 0.3) is 5.69 Å². The topological polar surface area (TPSA) is 132 Å². The minimum Gasteiger partial charge on any atom is -0.457 e. The molecule has 110 valence electrons. The van der Waals surface area contributed by atoms with E-state index in [4.69, 9.17) is 10.3 Å². The summed E-state index contributed by atoms with van der Waals surface area (Å²) in [5.74, 6) is -2.26. The van der Waals surface area contributed by atoms with Crippen LogP contribution in [0.1, 0.15) is 12.5 Å². The summed E-state index contributed by atoms with van der Waals surface area (Å²) in [4.78, 5) is 35.2. The quantitative estimate of drug-likeness (QED) is 0.145. The summed E-state index contributed by atoms with van der Waals surface area (Å²) >= 11 is 0. The van der Waals surface area contributed by atoms with Crippen molar-refractivity contribution >= 4 is 23.3 Å². The van der Waals surface area contributed by atoms with E-state index in [9.17, 15) is 19.7 Å². The zero-order valence-corrected chi connectivity index (χ0v) is 11.0. The number of esters is 2. The highest BCUT2D eigenvalue weighted by Gasteiger charge is 2.33. The summed E-state index contributed by atoms with van der Waals surface area (Å²) in [7, 11) is 0. The molecule has 0 N–H and O–H groups in total. The normalized spacial score (nSPS) is 9.38. The van der Waals surface area contributed by atoms with Gasteiger partial charge < -0.3 is 15.0 Å². The van der Waals surface area contributed by atoms with Crippen LogP contribution in [-0.2, 0) is 25.7 Å². The first-order valence-electron chi connectivity index (χ1n) is 5.79. The molecular weight excluding hydrogens is 282 g/mol. The number of nitrogens with zero attached hydrogens (tertiary/aromatic N) is 3. The fourth-order valence-electron chi connectivity index (χ4n) is 1.30. The van der Waals surface area contributed by atoms with Gasteiger partial charge >= 0.3 is 17.7 Å². The highest BCUT2D eigenvalue weighted by Crippen LogP contribution is 2.12. The number of carbonyl (C=O) groups is 2. The summed E-state index contributed by atoms with van der Waals surface area (Å²) < 4.78 is 9.25. The third-order valence-electron chi connectivity index (χ3n) is 2.28. The predicted octanol–water partition coefficient (Wildman–Crippen LogP) is 0.872. The maximum absolute atomic E-state index is 11.5. The van der Waals surface area contributed by atoms with Gasteiger partial charge in [0.1, 0.15) is 6.61 Å². The lowest BCUT2D eigenvalue weighted by atomic mass is 10.2. The first-order chi connectivity index (χ1) is 9.99. The van der Waals surface area contributed by atoms with Crippen molar-refractivity contribution in [3.05, 3.63) is 45.5 Å². The summed E-state index contributed by atoms with van der Waals surface area (Å²) in [6.45, 7) is 1.29. The summed E-state index contributed by atoms with van der Waals surface area (Å²) in [5, 5.41) is 10.5. The van der Waals surface area contributed by atoms with Gasteiger partial charge in [-0.25, -0.2) is 9.59 Å². The van der Waals surface area contributed by atoms with Crippen LogP contribution in [0, 0.1) is 10.1 Å². The molecule has 9 heteroatoms. The van der Waals surface area contributed by atoms with E-state index in [0.717, 1.165) is 0 Å². The molecule has 0 unspecified atom stereocenters. The van der Waals surface area contributed by atoms with Crippen LogP contribution in [0.5, 0.6) is 0 Å². The van der Waals surface area contributed by atoms with E-state index in [1.165, 1.54) is 31.2 Å². The molecule has 0 aliphatic heterocycles. The molecule has 0 radical (unpaired) electrons. The number of rotatable bonds is 6. The first kappa shape index (κ1) is 16.0. The van der Waals surface area contributed by atoms with Gasteiger partial charge in [-0.1, -0.05) is 0 Å². The molecule has 21 heavy (non-hydrogen) atoms. The number of non-ortho nitro benzene ring substituents is 1. The van der Waals surface area contributed by atoms with Gasteiger partial charge in [0, 0.05) is 12.1 Å². The fraction of sp³-hybridized carbons (Fsp3) is 0.250. The Labute approximate surface area is 118 Å². The Morgan fingerprint density at radius 2 is 1.81 bits per heavy atom. The first-order valence-corrected chi connectivity index (χ1v) is 5.79. The maximum Gasteiger partial charge on any atom is 0.482 e. The van der Waals surface area contributed by atoms with Crippen molar-refractivity contribution in [3.63, 3.8) is 0 Å². The largest absolute Gasteiger partial charge is 0.482 e. The lowest BCUT2D eigenvalue weighted by molar-refractivity contribution is -0.384. The van der Waals surface area contributed by atoms with Gasteiger partial charge in [0.05, 0.1) is 11.5 Å². The number of hydrogen-bond acceptors (Lipinski definition) is 6. The Balaban J connectivity index is 2.65. The van der Waals surface area contributed by atoms with Crippen molar-refractivity contribution in [2.75, 3.05) is 6.61 Å². The van der Waals surface area contributed by atoms with Crippen LogP contribution in [-0.4, -0.2) is 34.0 Å². The molecule has 0 bridgehead atoms. The molecule has 0 amide bonds. The van der Waals surface area contributed by atoms with Crippen molar-refractivity contribution in [1.29, 1.82) is 0 Å². The Kier molecular flexibility index (Phi) is 5.72. The van der Waals surface area contributed by atoms with Gasteiger partial charge in [-0.2, -0.15) is 4.79 Å². The zero-order chi connectivity index (χ0) is 15.8. The van der Waals surface area contributed by atoms with Gasteiger partial charge in [0.2, 0.25) is 0 Å². The summed E-state index contributed by atoms with van der Waals surface area (Å²) in [6, 6.07) is 5.28. The minimum absolute atomic E-state index is 0.00743. The van der Waals surface area contributed by atoms with E-state index in [0.29, 0.717) is 5.56 Å². The van der Waals surface area contributed by atoms with Crippen molar-refractivity contribution in [1.82, 2.24) is 0 Å². The van der Waals surface area contributed by atoms with E-state index >= 15 is 0 Å². The van der Waals surface area contributed by atoms with E-state index in [1.807, 2.05) is 0 Å². The Bertz CT molecular complexity index is 604. The molecule has 1 aromatic rings. The molecular formula is C12H11N3O6. The lowest BCUT2D eigenvalue weighted by Gasteiger charge is -2.02. The van der Waals surface area contributed by atoms with Crippen LogP contribution in [0.3, 0.4) is 0 Å². The standard InChI is InChI=1S/C12H11N3O6/c1-2-20-11(16)10(14-13)12(17)21-7-8-3-5-9(6-4-8)15(18)19/h3-6H,2,7H2,1H3. The Morgan fingerprint density at radius 1 is 1.24 bits per heavy atom. The van der Waals surface area contributed by atoms with Crippen molar-refractivity contribution in [2.45, 2.75) is 13.5 Å². The molecule has 0 aliphatic carbocycles. The molecule has 0 saturated carbocycles. The summed E-state index contributed by atoms with van der Waals surface area (Å²) in [6.07, 6.45) is 0. The zero-order valence-electron chi connectivity index (χ0n) is 11.0. The Hall–Kier alpha value is -3.06. The predicted molar refractivity (Wildman–Crippen MR) is 68.2 cm³/mol. The van der Waals surface area contributed by atoms with Crippen molar-refractivity contribution < 1.29 is 28.8 Å². The van der Waals surface area contributed by atoms with Gasteiger partial charge in [0.15, 0.2) is 0 Å². The van der Waals surface area contributed by atoms with Crippen molar-refractivity contribution in [3.8, 4) is 0 Å². The van der Waals surface area contributed by atoms with Crippen LogP contribution >= 0.6 is 0 Å². The molecule has 0 atom stereocenters. The van der Waals surface area contributed by atoms with Gasteiger partial charge in [-0.3, -0.25) is 10.1 Å². The fourth-order valence-corrected chi connectivity index (χ4v) is 1.30. The minimum atomic E-state index is -1.16. The maximum atomic E-state index is 11.5.